The number of likely N-dealkylation sites (tertiary alicyclic amines) is 1. The number of amides is 1. The molecule has 6 nitrogen and oxygen atoms in total. The summed E-state index contributed by atoms with van der Waals surface area (Å²) in [6.45, 7) is 0.771. The smallest absolute Gasteiger partial charge is 0.308 e. The maximum absolute atomic E-state index is 12.4. The highest BCUT2D eigenvalue weighted by Gasteiger charge is 2.30. The predicted molar refractivity (Wildman–Crippen MR) is 74.8 cm³/mol. The van der Waals surface area contributed by atoms with Crippen LogP contribution in [0.3, 0.4) is 0 Å². The number of aliphatic carboxylic acids is 1. The van der Waals surface area contributed by atoms with Crippen molar-refractivity contribution in [2.75, 3.05) is 20.2 Å². The number of piperidine rings is 1. The Hall–Kier alpha value is -1.63. The number of ether oxygens (including phenoxy) is 1. The summed E-state index contributed by atoms with van der Waals surface area (Å²) in [6, 6.07) is 1.65. The highest BCUT2D eigenvalue weighted by atomic mass is 79.9. The van der Waals surface area contributed by atoms with E-state index in [-0.39, 0.29) is 18.1 Å². The lowest BCUT2D eigenvalue weighted by Crippen LogP contribution is -2.42. The summed E-state index contributed by atoms with van der Waals surface area (Å²) >= 11 is 3.30. The van der Waals surface area contributed by atoms with E-state index in [1.807, 2.05) is 0 Å². The number of carboxylic acids is 1. The SMILES string of the molecule is COc1ccnc(C(=O)N2CCCC(C(=O)O)C2)c1Br. The van der Waals surface area contributed by atoms with Gasteiger partial charge in [-0.25, -0.2) is 4.98 Å². The summed E-state index contributed by atoms with van der Waals surface area (Å²) in [5.74, 6) is -1.12. The van der Waals surface area contributed by atoms with E-state index in [1.165, 1.54) is 18.2 Å². The van der Waals surface area contributed by atoms with Crippen molar-refractivity contribution < 1.29 is 19.4 Å². The van der Waals surface area contributed by atoms with Gasteiger partial charge in [0.2, 0.25) is 0 Å². The lowest BCUT2D eigenvalue weighted by atomic mass is 9.98. The Kier molecular flexibility index (Phi) is 4.59. The number of hydrogen-bond donors (Lipinski definition) is 1. The number of methoxy groups -OCH3 is 1. The molecule has 2 heterocycles. The molecule has 1 aromatic heterocycles. The van der Waals surface area contributed by atoms with E-state index in [9.17, 15) is 9.59 Å². The fourth-order valence-corrected chi connectivity index (χ4v) is 2.81. The second-order valence-corrected chi connectivity index (χ2v) is 5.40. The van der Waals surface area contributed by atoms with Crippen LogP contribution in [-0.2, 0) is 4.79 Å². The Bertz CT molecular complexity index is 535. The highest BCUT2D eigenvalue weighted by Crippen LogP contribution is 2.28. The lowest BCUT2D eigenvalue weighted by molar-refractivity contribution is -0.143. The van der Waals surface area contributed by atoms with E-state index in [0.717, 1.165) is 0 Å². The van der Waals surface area contributed by atoms with Gasteiger partial charge in [-0.1, -0.05) is 0 Å². The minimum absolute atomic E-state index is 0.222. The van der Waals surface area contributed by atoms with Crippen LogP contribution >= 0.6 is 15.9 Å². The molecule has 7 heteroatoms. The van der Waals surface area contributed by atoms with E-state index in [1.54, 1.807) is 6.07 Å². The van der Waals surface area contributed by atoms with Crippen molar-refractivity contribution in [3.8, 4) is 5.75 Å². The van der Waals surface area contributed by atoms with Crippen LogP contribution in [-0.4, -0.2) is 47.1 Å². The van der Waals surface area contributed by atoms with Crippen LogP contribution in [0.15, 0.2) is 16.7 Å². The zero-order valence-electron chi connectivity index (χ0n) is 11.0. The molecule has 20 heavy (non-hydrogen) atoms. The first-order valence-corrected chi connectivity index (χ1v) is 7.04. The normalized spacial score (nSPS) is 18.7. The largest absolute Gasteiger partial charge is 0.495 e. The molecule has 108 valence electrons. The van der Waals surface area contributed by atoms with Crippen LogP contribution in [0.1, 0.15) is 23.3 Å². The van der Waals surface area contributed by atoms with Gasteiger partial charge in [-0.15, -0.1) is 0 Å². The monoisotopic (exact) mass is 342 g/mol. The third-order valence-corrected chi connectivity index (χ3v) is 4.10. The molecule has 1 amide bonds. The lowest BCUT2D eigenvalue weighted by Gasteiger charge is -2.30. The summed E-state index contributed by atoms with van der Waals surface area (Å²) in [6.07, 6.45) is 2.78. The van der Waals surface area contributed by atoms with Gasteiger partial charge in [0.1, 0.15) is 11.4 Å². The van der Waals surface area contributed by atoms with Crippen LogP contribution < -0.4 is 4.74 Å². The van der Waals surface area contributed by atoms with Gasteiger partial charge < -0.3 is 14.7 Å². The third-order valence-electron chi connectivity index (χ3n) is 3.33. The van der Waals surface area contributed by atoms with Crippen molar-refractivity contribution in [1.29, 1.82) is 0 Å². The first-order valence-electron chi connectivity index (χ1n) is 6.25. The molecule has 1 unspecified atom stereocenters. The molecule has 1 saturated heterocycles. The van der Waals surface area contributed by atoms with Crippen LogP contribution in [0.2, 0.25) is 0 Å². The van der Waals surface area contributed by atoms with Crippen LogP contribution in [0.5, 0.6) is 5.75 Å². The number of aromatic nitrogens is 1. The molecular formula is C13H15BrN2O4. The molecule has 1 fully saturated rings. The number of carboxylic acid groups (broad SMARTS) is 1. The van der Waals surface area contributed by atoms with Gasteiger partial charge in [-0.3, -0.25) is 9.59 Å². The number of carbonyl (C=O) groups is 2. The van der Waals surface area contributed by atoms with Gasteiger partial charge >= 0.3 is 5.97 Å². The minimum atomic E-state index is -0.861. The molecular weight excluding hydrogens is 328 g/mol. The topological polar surface area (TPSA) is 79.7 Å². The molecule has 0 aliphatic carbocycles. The van der Waals surface area contributed by atoms with E-state index < -0.39 is 11.9 Å². The molecule has 1 aliphatic heterocycles. The molecule has 0 aromatic carbocycles. The van der Waals surface area contributed by atoms with Gasteiger partial charge in [0.15, 0.2) is 0 Å². The van der Waals surface area contributed by atoms with Crippen molar-refractivity contribution in [1.82, 2.24) is 9.88 Å². The maximum atomic E-state index is 12.4. The molecule has 1 atom stereocenters. The fraction of sp³-hybridized carbons (Fsp3) is 0.462. The predicted octanol–water partition coefficient (Wildman–Crippen LogP) is 1.79. The number of nitrogens with zero attached hydrogens (tertiary/aromatic N) is 2. The van der Waals surface area contributed by atoms with E-state index in [0.29, 0.717) is 29.6 Å². The average molecular weight is 343 g/mol. The average Bonchev–Trinajstić information content (AvgIpc) is 2.47. The third kappa shape index (κ3) is 2.92. The summed E-state index contributed by atoms with van der Waals surface area (Å²) in [4.78, 5) is 29.1. The molecule has 0 radical (unpaired) electrons. The highest BCUT2D eigenvalue weighted by molar-refractivity contribution is 9.10. The van der Waals surface area contributed by atoms with Crippen LogP contribution in [0, 0.1) is 5.92 Å². The quantitative estimate of drug-likeness (QED) is 0.905. The molecule has 0 spiro atoms. The zero-order chi connectivity index (χ0) is 14.7. The van der Waals surface area contributed by atoms with E-state index in [2.05, 4.69) is 20.9 Å². The number of halogens is 1. The fourth-order valence-electron chi connectivity index (χ4n) is 2.25. The Morgan fingerprint density at radius 3 is 2.95 bits per heavy atom. The maximum Gasteiger partial charge on any atom is 0.308 e. The van der Waals surface area contributed by atoms with Gasteiger partial charge in [0, 0.05) is 19.3 Å². The van der Waals surface area contributed by atoms with Gasteiger partial charge in [0.25, 0.3) is 5.91 Å². The molecule has 1 aromatic rings. The van der Waals surface area contributed by atoms with Gasteiger partial charge in [-0.2, -0.15) is 0 Å². The summed E-state index contributed by atoms with van der Waals surface area (Å²) in [5, 5.41) is 9.06. The molecule has 0 bridgehead atoms. The van der Waals surface area contributed by atoms with Crippen molar-refractivity contribution in [3.63, 3.8) is 0 Å². The zero-order valence-corrected chi connectivity index (χ0v) is 12.6. The number of carbonyl (C=O) groups excluding carboxylic acids is 1. The summed E-state index contributed by atoms with van der Waals surface area (Å²) in [7, 11) is 1.51. The second kappa shape index (κ2) is 6.21. The summed E-state index contributed by atoms with van der Waals surface area (Å²) < 4.78 is 5.62. The van der Waals surface area contributed by atoms with E-state index in [4.69, 9.17) is 9.84 Å². The summed E-state index contributed by atoms with van der Waals surface area (Å²) in [5.41, 5.74) is 0.246. The van der Waals surface area contributed by atoms with Crippen LogP contribution in [0.4, 0.5) is 0 Å². The Balaban J connectivity index is 2.21. The number of rotatable bonds is 3. The molecule has 0 saturated carbocycles. The minimum Gasteiger partial charge on any atom is -0.495 e. The van der Waals surface area contributed by atoms with Crippen molar-refractivity contribution in [3.05, 3.63) is 22.4 Å². The van der Waals surface area contributed by atoms with E-state index >= 15 is 0 Å². The van der Waals surface area contributed by atoms with Crippen LogP contribution in [0.25, 0.3) is 0 Å². The molecule has 1 N–H and O–H groups in total. The standard InChI is InChI=1S/C13H15BrN2O4/c1-20-9-4-5-15-11(10(9)14)12(17)16-6-2-3-8(7-16)13(18)19/h4-5,8H,2-3,6-7H2,1H3,(H,18,19). The Morgan fingerprint density at radius 2 is 2.30 bits per heavy atom. The Labute approximate surface area is 124 Å². The number of hydrogen-bond acceptors (Lipinski definition) is 4. The molecule has 2 rings (SSSR count). The molecule has 1 aliphatic rings. The Morgan fingerprint density at radius 1 is 1.55 bits per heavy atom. The van der Waals surface area contributed by atoms with Gasteiger partial charge in [0.05, 0.1) is 17.5 Å². The van der Waals surface area contributed by atoms with Crippen molar-refractivity contribution >= 4 is 27.8 Å². The first kappa shape index (κ1) is 14.8. The second-order valence-electron chi connectivity index (χ2n) is 4.60. The first-order chi connectivity index (χ1) is 9.54. The van der Waals surface area contributed by atoms with Gasteiger partial charge in [-0.05, 0) is 34.8 Å². The number of pyridine rings is 1. The van der Waals surface area contributed by atoms with Crippen molar-refractivity contribution in [2.24, 2.45) is 5.92 Å². The van der Waals surface area contributed by atoms with Crippen molar-refractivity contribution in [2.45, 2.75) is 12.8 Å².